The fraction of sp³-hybridized carbons (Fsp3) is 0.552. The van der Waals surface area contributed by atoms with Gasteiger partial charge in [0.1, 0.15) is 6.04 Å². The zero-order valence-electron chi connectivity index (χ0n) is 20.8. The molecule has 1 amide bonds. The van der Waals surface area contributed by atoms with E-state index in [9.17, 15) is 9.59 Å². The summed E-state index contributed by atoms with van der Waals surface area (Å²) in [4.78, 5) is 34.9. The molecule has 0 radical (unpaired) electrons. The minimum Gasteiger partial charge on any atom is -0.465 e. The molecule has 0 spiro atoms. The minimum atomic E-state index is -0.435. The van der Waals surface area contributed by atoms with Crippen molar-refractivity contribution in [1.82, 2.24) is 14.8 Å². The van der Waals surface area contributed by atoms with Crippen LogP contribution in [0.15, 0.2) is 42.5 Å². The second kappa shape index (κ2) is 10.9. The van der Waals surface area contributed by atoms with Crippen molar-refractivity contribution in [2.24, 2.45) is 11.8 Å². The van der Waals surface area contributed by atoms with Gasteiger partial charge in [0, 0.05) is 37.6 Å². The molecule has 1 aromatic carbocycles. The van der Waals surface area contributed by atoms with E-state index in [0.717, 1.165) is 44.3 Å². The summed E-state index contributed by atoms with van der Waals surface area (Å²) < 4.78 is 5.34. The number of fused-ring (bicyclic) bond motifs is 1. The van der Waals surface area contributed by atoms with E-state index in [-0.39, 0.29) is 17.8 Å². The monoisotopic (exact) mass is 475 g/mol. The quantitative estimate of drug-likeness (QED) is 0.567. The van der Waals surface area contributed by atoms with E-state index in [1.54, 1.807) is 0 Å². The number of aryl methyl sites for hydroxylation is 2. The van der Waals surface area contributed by atoms with Crippen LogP contribution in [0, 0.1) is 11.8 Å². The number of ether oxygens (including phenoxy) is 1. The summed E-state index contributed by atoms with van der Waals surface area (Å²) in [7, 11) is 0. The lowest BCUT2D eigenvalue weighted by atomic mass is 9.88. The maximum absolute atomic E-state index is 13.2. The van der Waals surface area contributed by atoms with Gasteiger partial charge in [-0.15, -0.1) is 0 Å². The Morgan fingerprint density at radius 3 is 2.51 bits per heavy atom. The molecule has 3 heterocycles. The first kappa shape index (κ1) is 24.0. The van der Waals surface area contributed by atoms with E-state index in [1.807, 2.05) is 42.2 Å². The highest BCUT2D eigenvalue weighted by atomic mass is 16.5. The summed E-state index contributed by atoms with van der Waals surface area (Å²) in [6.45, 7) is 5.05. The number of benzene rings is 1. The summed E-state index contributed by atoms with van der Waals surface area (Å²) >= 11 is 0. The molecule has 1 aromatic heterocycles. The predicted octanol–water partition coefficient (Wildman–Crippen LogP) is 3.98. The highest BCUT2D eigenvalue weighted by Gasteiger charge is 2.42. The van der Waals surface area contributed by atoms with Crippen LogP contribution in [0.5, 0.6) is 0 Å². The van der Waals surface area contributed by atoms with Crippen molar-refractivity contribution in [3.8, 4) is 0 Å². The van der Waals surface area contributed by atoms with Gasteiger partial charge in [0.05, 0.1) is 12.5 Å². The van der Waals surface area contributed by atoms with Gasteiger partial charge in [0.2, 0.25) is 5.91 Å². The van der Waals surface area contributed by atoms with E-state index in [2.05, 4.69) is 17.0 Å². The van der Waals surface area contributed by atoms with Crippen molar-refractivity contribution in [3.05, 3.63) is 65.0 Å². The number of rotatable bonds is 7. The average molecular weight is 476 g/mol. The standard InChI is InChI=1S/C29H37N3O3/c1-2-35-29(34)27(23-9-4-3-5-10-23)32-19-24(20-32)28(33)31-16-14-21(15-17-31)18-25-13-12-22-8-6-7-11-26(22)30-25/h3-5,9-10,12-13,21,24,27H,2,6-8,11,14-20H2,1H3. The lowest BCUT2D eigenvalue weighted by Gasteiger charge is -2.45. The van der Waals surface area contributed by atoms with Crippen LogP contribution in [0.4, 0.5) is 0 Å². The normalized spacial score (nSPS) is 20.1. The molecule has 2 aliphatic heterocycles. The number of carbonyl (C=O) groups excluding carboxylic acids is 2. The summed E-state index contributed by atoms with van der Waals surface area (Å²) in [6.07, 6.45) is 7.93. The summed E-state index contributed by atoms with van der Waals surface area (Å²) in [5.74, 6) is 0.565. The number of nitrogens with zero attached hydrogens (tertiary/aromatic N) is 3. The number of amides is 1. The second-order valence-electron chi connectivity index (χ2n) is 10.3. The third kappa shape index (κ3) is 5.43. The van der Waals surface area contributed by atoms with Gasteiger partial charge < -0.3 is 9.64 Å². The van der Waals surface area contributed by atoms with Crippen molar-refractivity contribution >= 4 is 11.9 Å². The minimum absolute atomic E-state index is 0.0329. The second-order valence-corrected chi connectivity index (χ2v) is 10.3. The summed E-state index contributed by atoms with van der Waals surface area (Å²) in [5, 5.41) is 0. The molecule has 186 valence electrons. The van der Waals surface area contributed by atoms with Crippen molar-refractivity contribution < 1.29 is 14.3 Å². The molecule has 0 N–H and O–H groups in total. The van der Waals surface area contributed by atoms with Crippen molar-refractivity contribution in [3.63, 3.8) is 0 Å². The molecule has 1 unspecified atom stereocenters. The van der Waals surface area contributed by atoms with Gasteiger partial charge in [-0.1, -0.05) is 36.4 Å². The van der Waals surface area contributed by atoms with Crippen LogP contribution in [0.3, 0.4) is 0 Å². The molecule has 6 nitrogen and oxygen atoms in total. The predicted molar refractivity (Wildman–Crippen MR) is 135 cm³/mol. The highest BCUT2D eigenvalue weighted by molar-refractivity contribution is 5.82. The van der Waals surface area contributed by atoms with Gasteiger partial charge in [0.15, 0.2) is 0 Å². The number of carbonyl (C=O) groups is 2. The Labute approximate surface area is 208 Å². The third-order valence-corrected chi connectivity index (χ3v) is 7.91. The van der Waals surface area contributed by atoms with Gasteiger partial charge in [0.25, 0.3) is 0 Å². The van der Waals surface area contributed by atoms with Crippen LogP contribution in [-0.2, 0) is 33.6 Å². The Hall–Kier alpha value is -2.73. The highest BCUT2D eigenvalue weighted by Crippen LogP contribution is 2.32. The molecule has 3 aliphatic rings. The van der Waals surface area contributed by atoms with Gasteiger partial charge in [-0.25, -0.2) is 4.79 Å². The molecule has 6 heteroatoms. The van der Waals surface area contributed by atoms with Gasteiger partial charge >= 0.3 is 5.97 Å². The van der Waals surface area contributed by atoms with Crippen molar-refractivity contribution in [2.75, 3.05) is 32.8 Å². The van der Waals surface area contributed by atoms with Crippen molar-refractivity contribution in [1.29, 1.82) is 0 Å². The first-order valence-corrected chi connectivity index (χ1v) is 13.3. The van der Waals surface area contributed by atoms with Crippen molar-refractivity contribution in [2.45, 2.75) is 57.9 Å². The fourth-order valence-corrected chi connectivity index (χ4v) is 5.88. The molecule has 1 atom stereocenters. The van der Waals surface area contributed by atoms with Gasteiger partial charge in [-0.3, -0.25) is 14.7 Å². The lowest BCUT2D eigenvalue weighted by Crippen LogP contribution is -2.57. The topological polar surface area (TPSA) is 62.7 Å². The van der Waals surface area contributed by atoms with E-state index in [1.165, 1.54) is 36.2 Å². The molecule has 0 saturated carbocycles. The number of hydrogen-bond donors (Lipinski definition) is 0. The molecule has 2 saturated heterocycles. The average Bonchev–Trinajstić information content (AvgIpc) is 2.86. The number of piperidine rings is 1. The number of hydrogen-bond acceptors (Lipinski definition) is 5. The largest absolute Gasteiger partial charge is 0.465 e. The SMILES string of the molecule is CCOC(=O)C(c1ccccc1)N1CC(C(=O)N2CCC(Cc3ccc4c(n3)CCCC4)CC2)C1. The number of pyridine rings is 1. The van der Waals surface area contributed by atoms with Crippen LogP contribution in [0.1, 0.15) is 61.2 Å². The molecule has 5 rings (SSSR count). The molecule has 2 aromatic rings. The van der Waals surface area contributed by atoms with Crippen LogP contribution in [-0.4, -0.2) is 59.4 Å². The molecular formula is C29H37N3O3. The Balaban J connectivity index is 1.12. The van der Waals surface area contributed by atoms with Crippen LogP contribution < -0.4 is 0 Å². The molecule has 1 aliphatic carbocycles. The first-order chi connectivity index (χ1) is 17.1. The molecule has 0 bridgehead atoms. The molecular weight excluding hydrogens is 438 g/mol. The molecule has 2 fully saturated rings. The number of esters is 1. The first-order valence-electron chi connectivity index (χ1n) is 13.3. The zero-order valence-corrected chi connectivity index (χ0v) is 20.8. The Bertz CT molecular complexity index is 1030. The Kier molecular flexibility index (Phi) is 7.47. The Morgan fingerprint density at radius 1 is 1.03 bits per heavy atom. The maximum atomic E-state index is 13.2. The fourth-order valence-electron chi connectivity index (χ4n) is 5.88. The van der Waals surface area contributed by atoms with E-state index < -0.39 is 6.04 Å². The summed E-state index contributed by atoms with van der Waals surface area (Å²) in [5.41, 5.74) is 4.89. The zero-order chi connectivity index (χ0) is 24.2. The van der Waals surface area contributed by atoms with E-state index in [0.29, 0.717) is 25.6 Å². The maximum Gasteiger partial charge on any atom is 0.328 e. The number of likely N-dealkylation sites (tertiary alicyclic amines) is 2. The van der Waals surface area contributed by atoms with E-state index >= 15 is 0 Å². The third-order valence-electron chi connectivity index (χ3n) is 7.91. The lowest BCUT2D eigenvalue weighted by molar-refractivity contribution is -0.157. The van der Waals surface area contributed by atoms with Gasteiger partial charge in [-0.05, 0) is 75.0 Å². The van der Waals surface area contributed by atoms with Crippen LogP contribution >= 0.6 is 0 Å². The van der Waals surface area contributed by atoms with Gasteiger partial charge in [-0.2, -0.15) is 0 Å². The van der Waals surface area contributed by atoms with Crippen LogP contribution in [0.2, 0.25) is 0 Å². The smallest absolute Gasteiger partial charge is 0.328 e. The van der Waals surface area contributed by atoms with Crippen LogP contribution in [0.25, 0.3) is 0 Å². The number of aromatic nitrogens is 1. The summed E-state index contributed by atoms with van der Waals surface area (Å²) in [6, 6.07) is 13.8. The van der Waals surface area contributed by atoms with E-state index in [4.69, 9.17) is 9.72 Å². The Morgan fingerprint density at radius 2 is 1.77 bits per heavy atom. The molecule has 35 heavy (non-hydrogen) atoms.